The monoisotopic (exact) mass is 252 g/mol. The molecule has 0 saturated carbocycles. The van der Waals surface area contributed by atoms with Gasteiger partial charge in [-0.2, -0.15) is 0 Å². The van der Waals surface area contributed by atoms with E-state index in [1.54, 1.807) is 17.4 Å². The molecule has 3 nitrogen and oxygen atoms in total. The van der Waals surface area contributed by atoms with Crippen LogP contribution in [0.1, 0.15) is 23.1 Å². The van der Waals surface area contributed by atoms with Crippen molar-refractivity contribution in [3.8, 4) is 0 Å². The van der Waals surface area contributed by atoms with Gasteiger partial charge in [0.15, 0.2) is 0 Å². The number of aryl methyl sites for hydroxylation is 1. The maximum absolute atomic E-state index is 11.7. The number of nitrogens with one attached hydrogen (secondary N) is 1. The molecule has 94 valence electrons. The second-order valence-electron chi connectivity index (χ2n) is 4.26. The average molecular weight is 252 g/mol. The van der Waals surface area contributed by atoms with E-state index < -0.39 is 6.04 Å². The molecule has 0 bridgehead atoms. The predicted molar refractivity (Wildman–Crippen MR) is 73.2 cm³/mol. The number of amides is 1. The van der Waals surface area contributed by atoms with Crippen LogP contribution in [-0.2, 0) is 11.2 Å². The van der Waals surface area contributed by atoms with Crippen molar-refractivity contribution in [3.05, 3.63) is 34.5 Å². The van der Waals surface area contributed by atoms with E-state index in [2.05, 4.69) is 31.0 Å². The second kappa shape index (κ2) is 6.57. The molecule has 0 aliphatic carbocycles. The Balaban J connectivity index is 2.41. The highest BCUT2D eigenvalue weighted by Gasteiger charge is 2.14. The van der Waals surface area contributed by atoms with E-state index in [0.29, 0.717) is 6.42 Å². The Hall–Kier alpha value is -1.13. The molecule has 1 rings (SSSR count). The van der Waals surface area contributed by atoms with Gasteiger partial charge in [0, 0.05) is 22.2 Å². The third kappa shape index (κ3) is 4.71. The fourth-order valence-corrected chi connectivity index (χ4v) is 2.60. The summed E-state index contributed by atoms with van der Waals surface area (Å²) in [5, 5.41) is 2.92. The van der Waals surface area contributed by atoms with E-state index in [1.165, 1.54) is 9.75 Å². The molecule has 2 unspecified atom stereocenters. The Bertz CT molecular complexity index is 387. The van der Waals surface area contributed by atoms with Crippen LogP contribution in [0.3, 0.4) is 0 Å². The highest BCUT2D eigenvalue weighted by atomic mass is 32.1. The van der Waals surface area contributed by atoms with E-state index in [9.17, 15) is 4.79 Å². The minimum atomic E-state index is -0.486. The van der Waals surface area contributed by atoms with Gasteiger partial charge in [-0.25, -0.2) is 0 Å². The first-order valence-corrected chi connectivity index (χ1v) is 6.56. The van der Waals surface area contributed by atoms with Crippen LogP contribution in [0.2, 0.25) is 0 Å². The lowest BCUT2D eigenvalue weighted by Gasteiger charge is -2.16. The van der Waals surface area contributed by atoms with Crippen LogP contribution in [0.5, 0.6) is 0 Å². The van der Waals surface area contributed by atoms with Crippen LogP contribution in [0.25, 0.3) is 0 Å². The zero-order valence-electron chi connectivity index (χ0n) is 10.4. The van der Waals surface area contributed by atoms with E-state index in [1.807, 2.05) is 6.92 Å². The topological polar surface area (TPSA) is 55.1 Å². The quantitative estimate of drug-likeness (QED) is 0.761. The first-order chi connectivity index (χ1) is 8.02. The maximum Gasteiger partial charge on any atom is 0.237 e. The Morgan fingerprint density at radius 1 is 1.65 bits per heavy atom. The van der Waals surface area contributed by atoms with Crippen molar-refractivity contribution < 1.29 is 4.79 Å². The van der Waals surface area contributed by atoms with Crippen molar-refractivity contribution in [3.63, 3.8) is 0 Å². The van der Waals surface area contributed by atoms with Gasteiger partial charge in [0.1, 0.15) is 0 Å². The van der Waals surface area contributed by atoms with Gasteiger partial charge in [0.2, 0.25) is 5.91 Å². The molecule has 0 fully saturated rings. The smallest absolute Gasteiger partial charge is 0.237 e. The minimum Gasteiger partial charge on any atom is -0.352 e. The van der Waals surface area contributed by atoms with Gasteiger partial charge in [0.05, 0.1) is 6.04 Å². The second-order valence-corrected chi connectivity index (χ2v) is 5.63. The molecule has 2 atom stereocenters. The highest BCUT2D eigenvalue weighted by molar-refractivity contribution is 7.11. The molecule has 1 aromatic rings. The summed E-state index contributed by atoms with van der Waals surface area (Å²) < 4.78 is 0. The zero-order chi connectivity index (χ0) is 12.8. The fourth-order valence-electron chi connectivity index (χ4n) is 1.58. The molecule has 1 heterocycles. The Morgan fingerprint density at radius 2 is 2.35 bits per heavy atom. The van der Waals surface area contributed by atoms with Crippen molar-refractivity contribution in [1.29, 1.82) is 0 Å². The van der Waals surface area contributed by atoms with E-state index >= 15 is 0 Å². The zero-order valence-corrected chi connectivity index (χ0v) is 11.2. The third-order valence-corrected chi connectivity index (χ3v) is 3.47. The van der Waals surface area contributed by atoms with Gasteiger partial charge in [-0.05, 0) is 32.4 Å². The molecule has 0 spiro atoms. The summed E-state index contributed by atoms with van der Waals surface area (Å²) in [7, 11) is 0. The van der Waals surface area contributed by atoms with Crippen LogP contribution >= 0.6 is 11.3 Å². The Morgan fingerprint density at radius 3 is 2.88 bits per heavy atom. The maximum atomic E-state index is 11.7. The van der Waals surface area contributed by atoms with Gasteiger partial charge in [-0.3, -0.25) is 4.79 Å². The summed E-state index contributed by atoms with van der Waals surface area (Å²) >= 11 is 1.76. The van der Waals surface area contributed by atoms with Crippen molar-refractivity contribution in [1.82, 2.24) is 5.32 Å². The molecule has 3 N–H and O–H groups in total. The van der Waals surface area contributed by atoms with Gasteiger partial charge >= 0.3 is 0 Å². The summed E-state index contributed by atoms with van der Waals surface area (Å²) in [4.78, 5) is 14.2. The van der Waals surface area contributed by atoms with Crippen molar-refractivity contribution in [2.24, 2.45) is 5.73 Å². The number of thiophene rings is 1. The number of carbonyl (C=O) groups is 1. The number of hydrogen-bond donors (Lipinski definition) is 2. The molecule has 17 heavy (non-hydrogen) atoms. The van der Waals surface area contributed by atoms with Crippen LogP contribution in [-0.4, -0.2) is 18.0 Å². The number of nitrogens with two attached hydrogens (primary N) is 1. The van der Waals surface area contributed by atoms with Crippen molar-refractivity contribution in [2.75, 3.05) is 0 Å². The summed E-state index contributed by atoms with van der Waals surface area (Å²) in [6.45, 7) is 7.65. The SMILES string of the molecule is C=CCC(N)C(=O)NC(C)Cc1ccc(C)s1. The molecule has 1 aromatic heterocycles. The molecule has 0 aliphatic rings. The molecule has 0 aromatic carbocycles. The lowest BCUT2D eigenvalue weighted by Crippen LogP contribution is -2.44. The number of rotatable bonds is 6. The van der Waals surface area contributed by atoms with Crippen LogP contribution in [0.4, 0.5) is 0 Å². The van der Waals surface area contributed by atoms with Crippen LogP contribution < -0.4 is 11.1 Å². The van der Waals surface area contributed by atoms with E-state index in [4.69, 9.17) is 5.73 Å². The van der Waals surface area contributed by atoms with Crippen molar-refractivity contribution >= 4 is 17.2 Å². The molecular formula is C13H20N2OS. The first-order valence-electron chi connectivity index (χ1n) is 5.75. The lowest BCUT2D eigenvalue weighted by molar-refractivity contribution is -0.122. The summed E-state index contributed by atoms with van der Waals surface area (Å²) in [6.07, 6.45) is 3.03. The predicted octanol–water partition coefficient (Wildman–Crippen LogP) is 2.01. The standard InChI is InChI=1S/C13H20N2OS/c1-4-5-12(14)13(16)15-9(2)8-11-7-6-10(3)17-11/h4,6-7,9,12H,1,5,8,14H2,2-3H3,(H,15,16). The van der Waals surface area contributed by atoms with Gasteiger partial charge in [0.25, 0.3) is 0 Å². The first kappa shape index (κ1) is 13.9. The van der Waals surface area contributed by atoms with Crippen molar-refractivity contribution in [2.45, 2.75) is 38.8 Å². The van der Waals surface area contributed by atoms with Gasteiger partial charge in [-0.15, -0.1) is 17.9 Å². The van der Waals surface area contributed by atoms with E-state index in [0.717, 1.165) is 6.42 Å². The van der Waals surface area contributed by atoms with E-state index in [-0.39, 0.29) is 11.9 Å². The molecule has 0 aliphatic heterocycles. The van der Waals surface area contributed by atoms with Crippen LogP contribution in [0, 0.1) is 6.92 Å². The molecule has 0 saturated heterocycles. The summed E-state index contributed by atoms with van der Waals surface area (Å²) in [5.41, 5.74) is 5.69. The fraction of sp³-hybridized carbons (Fsp3) is 0.462. The van der Waals surface area contributed by atoms with Crippen LogP contribution in [0.15, 0.2) is 24.8 Å². The largest absolute Gasteiger partial charge is 0.352 e. The minimum absolute atomic E-state index is 0.106. The molecule has 1 amide bonds. The third-order valence-electron chi connectivity index (χ3n) is 2.45. The summed E-state index contributed by atoms with van der Waals surface area (Å²) in [5.74, 6) is -0.106. The molecule has 4 heteroatoms. The highest BCUT2D eigenvalue weighted by Crippen LogP contribution is 2.16. The average Bonchev–Trinajstić information content (AvgIpc) is 2.64. The Kier molecular flexibility index (Phi) is 5.38. The molecule has 0 radical (unpaired) electrons. The number of hydrogen-bond acceptors (Lipinski definition) is 3. The summed E-state index contributed by atoms with van der Waals surface area (Å²) in [6, 6.07) is 3.82. The van der Waals surface area contributed by atoms with Gasteiger partial charge < -0.3 is 11.1 Å². The normalized spacial score (nSPS) is 14.1. The lowest BCUT2D eigenvalue weighted by atomic mass is 10.1. The molecular weight excluding hydrogens is 232 g/mol. The Labute approximate surface area is 107 Å². The van der Waals surface area contributed by atoms with Gasteiger partial charge in [-0.1, -0.05) is 6.08 Å². The number of carbonyl (C=O) groups excluding carboxylic acids is 1.